The molecule has 1 aliphatic heterocycles. The van der Waals surface area contributed by atoms with Crippen LogP contribution in [0.3, 0.4) is 0 Å². The van der Waals surface area contributed by atoms with E-state index in [-0.39, 0.29) is 36.2 Å². The first-order chi connectivity index (χ1) is 10.1. The molecule has 6 heteroatoms. The van der Waals surface area contributed by atoms with Gasteiger partial charge in [0.25, 0.3) is 0 Å². The van der Waals surface area contributed by atoms with Crippen molar-refractivity contribution in [1.82, 2.24) is 16.0 Å². The molecule has 2 fully saturated rings. The summed E-state index contributed by atoms with van der Waals surface area (Å²) in [5, 5.41) is 9.36. The average Bonchev–Trinajstić information content (AvgIpc) is 2.48. The van der Waals surface area contributed by atoms with E-state index in [4.69, 9.17) is 0 Å². The summed E-state index contributed by atoms with van der Waals surface area (Å²) >= 11 is 0. The van der Waals surface area contributed by atoms with Crippen molar-refractivity contribution in [3.8, 4) is 0 Å². The Morgan fingerprint density at radius 1 is 1.09 bits per heavy atom. The summed E-state index contributed by atoms with van der Waals surface area (Å²) in [6.07, 6.45) is 7.93. The lowest BCUT2D eigenvalue weighted by molar-refractivity contribution is -0.127. The highest BCUT2D eigenvalue weighted by molar-refractivity contribution is 5.85. The van der Waals surface area contributed by atoms with Crippen molar-refractivity contribution in [2.75, 3.05) is 13.1 Å². The Kier molecular flexibility index (Phi) is 8.79. The van der Waals surface area contributed by atoms with Crippen molar-refractivity contribution in [2.45, 2.75) is 70.4 Å². The molecule has 1 saturated heterocycles. The number of carbonyl (C=O) groups is 2. The van der Waals surface area contributed by atoms with E-state index in [2.05, 4.69) is 16.0 Å². The second kappa shape index (κ2) is 10.1. The smallest absolute Gasteiger partial charge is 0.223 e. The Bertz CT molecular complexity index is 353. The summed E-state index contributed by atoms with van der Waals surface area (Å²) in [6, 6.07) is 0.209. The van der Waals surface area contributed by atoms with Gasteiger partial charge in [-0.15, -0.1) is 12.4 Å². The van der Waals surface area contributed by atoms with Crippen LogP contribution in [0.5, 0.6) is 0 Å². The minimum atomic E-state index is -0.0823. The zero-order valence-corrected chi connectivity index (χ0v) is 14.3. The van der Waals surface area contributed by atoms with Gasteiger partial charge in [0.2, 0.25) is 11.8 Å². The van der Waals surface area contributed by atoms with Crippen LogP contribution in [0, 0.1) is 5.92 Å². The fourth-order valence-corrected chi connectivity index (χ4v) is 3.31. The van der Waals surface area contributed by atoms with Crippen molar-refractivity contribution < 1.29 is 9.59 Å². The predicted molar refractivity (Wildman–Crippen MR) is 90.1 cm³/mol. The summed E-state index contributed by atoms with van der Waals surface area (Å²) in [5.41, 5.74) is 0. The average molecular weight is 332 g/mol. The molecular formula is C16H30ClN3O2. The molecule has 2 aliphatic rings. The van der Waals surface area contributed by atoms with Crippen molar-refractivity contribution in [2.24, 2.45) is 5.92 Å². The number of nitrogens with one attached hydrogen (secondary N) is 3. The van der Waals surface area contributed by atoms with Gasteiger partial charge in [-0.3, -0.25) is 9.59 Å². The molecule has 1 saturated carbocycles. The van der Waals surface area contributed by atoms with E-state index in [1.807, 2.05) is 6.92 Å². The van der Waals surface area contributed by atoms with Crippen LogP contribution in [0.4, 0.5) is 0 Å². The van der Waals surface area contributed by atoms with Gasteiger partial charge in [0.05, 0.1) is 0 Å². The van der Waals surface area contributed by atoms with Crippen LogP contribution in [0.2, 0.25) is 0 Å². The molecule has 2 rings (SSSR count). The van der Waals surface area contributed by atoms with Gasteiger partial charge in [0.15, 0.2) is 0 Å². The molecule has 1 unspecified atom stereocenters. The van der Waals surface area contributed by atoms with Crippen molar-refractivity contribution in [3.63, 3.8) is 0 Å². The number of hydrogen-bond acceptors (Lipinski definition) is 3. The van der Waals surface area contributed by atoms with Crippen molar-refractivity contribution in [3.05, 3.63) is 0 Å². The van der Waals surface area contributed by atoms with Gasteiger partial charge >= 0.3 is 0 Å². The molecule has 0 radical (unpaired) electrons. The third-order valence-corrected chi connectivity index (χ3v) is 4.56. The van der Waals surface area contributed by atoms with E-state index in [0.717, 1.165) is 51.6 Å². The molecule has 22 heavy (non-hydrogen) atoms. The summed E-state index contributed by atoms with van der Waals surface area (Å²) in [7, 11) is 0. The number of hydrogen-bond donors (Lipinski definition) is 3. The minimum Gasteiger partial charge on any atom is -0.353 e. The largest absolute Gasteiger partial charge is 0.353 e. The lowest BCUT2D eigenvalue weighted by Gasteiger charge is -2.25. The second-order valence-electron chi connectivity index (χ2n) is 6.54. The van der Waals surface area contributed by atoms with Crippen LogP contribution in [0.1, 0.15) is 58.3 Å². The van der Waals surface area contributed by atoms with Gasteiger partial charge in [-0.2, -0.15) is 0 Å². The molecule has 0 spiro atoms. The molecule has 2 amide bonds. The molecule has 1 aliphatic carbocycles. The van der Waals surface area contributed by atoms with Crippen molar-refractivity contribution in [1.29, 1.82) is 0 Å². The van der Waals surface area contributed by atoms with Crippen molar-refractivity contribution >= 4 is 24.2 Å². The van der Waals surface area contributed by atoms with Crippen LogP contribution in [-0.2, 0) is 9.59 Å². The van der Waals surface area contributed by atoms with Crippen LogP contribution < -0.4 is 16.0 Å². The molecule has 128 valence electrons. The zero-order chi connectivity index (χ0) is 15.1. The fraction of sp³-hybridized carbons (Fsp3) is 0.875. The quantitative estimate of drug-likeness (QED) is 0.719. The maximum atomic E-state index is 12.1. The Labute approximate surface area is 139 Å². The standard InChI is InChI=1S/C16H29N3O2.ClH/c1-12(18-16(21)13-5-3-2-4-6-13)11-15(20)19-14-7-9-17-10-8-14;/h12-14,17H,2-11H2,1H3,(H,18,21)(H,19,20);1H. The third kappa shape index (κ3) is 6.53. The van der Waals surface area contributed by atoms with E-state index in [1.165, 1.54) is 6.42 Å². The number of rotatable bonds is 5. The summed E-state index contributed by atoms with van der Waals surface area (Å²) in [4.78, 5) is 24.1. The van der Waals surface area contributed by atoms with Gasteiger partial charge in [-0.05, 0) is 45.7 Å². The van der Waals surface area contributed by atoms with Crippen LogP contribution in [-0.4, -0.2) is 37.0 Å². The van der Waals surface area contributed by atoms with Gasteiger partial charge in [-0.1, -0.05) is 19.3 Å². The van der Waals surface area contributed by atoms with Gasteiger partial charge < -0.3 is 16.0 Å². The fourth-order valence-electron chi connectivity index (χ4n) is 3.31. The highest BCUT2D eigenvalue weighted by Crippen LogP contribution is 2.23. The summed E-state index contributed by atoms with van der Waals surface area (Å²) in [6.45, 7) is 3.86. The molecular weight excluding hydrogens is 302 g/mol. The van der Waals surface area contributed by atoms with Crippen LogP contribution in [0.25, 0.3) is 0 Å². The molecule has 0 bridgehead atoms. The topological polar surface area (TPSA) is 70.2 Å². The minimum absolute atomic E-state index is 0. The van der Waals surface area contributed by atoms with Gasteiger partial charge in [0, 0.05) is 24.4 Å². The number of piperidine rings is 1. The molecule has 0 aromatic carbocycles. The maximum absolute atomic E-state index is 12.1. The van der Waals surface area contributed by atoms with Crippen LogP contribution in [0.15, 0.2) is 0 Å². The van der Waals surface area contributed by atoms with E-state index < -0.39 is 0 Å². The van der Waals surface area contributed by atoms with E-state index in [0.29, 0.717) is 12.5 Å². The lowest BCUT2D eigenvalue weighted by atomic mass is 9.88. The highest BCUT2D eigenvalue weighted by atomic mass is 35.5. The van der Waals surface area contributed by atoms with Crippen LogP contribution >= 0.6 is 12.4 Å². The molecule has 1 atom stereocenters. The molecule has 0 aromatic heterocycles. The zero-order valence-electron chi connectivity index (χ0n) is 13.5. The Hall–Kier alpha value is -0.810. The summed E-state index contributed by atoms with van der Waals surface area (Å²) in [5.74, 6) is 0.351. The first-order valence-corrected chi connectivity index (χ1v) is 8.45. The first kappa shape index (κ1) is 19.2. The predicted octanol–water partition coefficient (Wildman–Crippen LogP) is 1.75. The Morgan fingerprint density at radius 2 is 1.73 bits per heavy atom. The van der Waals surface area contributed by atoms with E-state index in [9.17, 15) is 9.59 Å². The lowest BCUT2D eigenvalue weighted by Crippen LogP contribution is -2.45. The number of amides is 2. The molecule has 3 N–H and O–H groups in total. The first-order valence-electron chi connectivity index (χ1n) is 8.45. The third-order valence-electron chi connectivity index (χ3n) is 4.56. The number of halogens is 1. The molecule has 0 aromatic rings. The highest BCUT2D eigenvalue weighted by Gasteiger charge is 2.23. The molecule has 5 nitrogen and oxygen atoms in total. The maximum Gasteiger partial charge on any atom is 0.223 e. The van der Waals surface area contributed by atoms with Gasteiger partial charge in [0.1, 0.15) is 0 Å². The monoisotopic (exact) mass is 331 g/mol. The van der Waals surface area contributed by atoms with Gasteiger partial charge in [-0.25, -0.2) is 0 Å². The Morgan fingerprint density at radius 3 is 2.36 bits per heavy atom. The normalized spacial score (nSPS) is 21.5. The van der Waals surface area contributed by atoms with E-state index in [1.54, 1.807) is 0 Å². The SMILES string of the molecule is CC(CC(=O)NC1CCNCC1)NC(=O)C1CCCCC1.Cl. The number of carbonyl (C=O) groups excluding carboxylic acids is 2. The molecule has 1 heterocycles. The summed E-state index contributed by atoms with van der Waals surface area (Å²) < 4.78 is 0. The second-order valence-corrected chi connectivity index (χ2v) is 6.54. The van der Waals surface area contributed by atoms with E-state index >= 15 is 0 Å². The Balaban J connectivity index is 0.00000242.